The van der Waals surface area contributed by atoms with E-state index in [0.29, 0.717) is 5.82 Å². The van der Waals surface area contributed by atoms with Crippen LogP contribution in [0.1, 0.15) is 30.7 Å². The van der Waals surface area contributed by atoms with Gasteiger partial charge in [-0.1, -0.05) is 36.8 Å². The first-order valence-corrected chi connectivity index (χ1v) is 7.26. The maximum Gasteiger partial charge on any atom is 0.268 e. The van der Waals surface area contributed by atoms with Crippen molar-refractivity contribution in [1.82, 2.24) is 9.97 Å². The zero-order chi connectivity index (χ0) is 13.5. The lowest BCUT2D eigenvalue weighted by molar-refractivity contribution is 0.280. The van der Waals surface area contributed by atoms with Gasteiger partial charge in [-0.25, -0.2) is 0 Å². The third-order valence-electron chi connectivity index (χ3n) is 3.83. The van der Waals surface area contributed by atoms with Crippen LogP contribution in [0.15, 0.2) is 35.1 Å². The number of hydrogen-bond donors (Lipinski definition) is 2. The lowest BCUT2D eigenvalue weighted by atomic mass is 9.64. The van der Waals surface area contributed by atoms with Crippen LogP contribution in [-0.2, 0) is 5.41 Å². The Morgan fingerprint density at radius 1 is 1.26 bits per heavy atom. The number of benzene rings is 1. The number of halogens is 1. The Bertz CT molecular complexity index is 663. The normalized spacial score (nSPS) is 16.9. The van der Waals surface area contributed by atoms with E-state index in [2.05, 4.69) is 9.97 Å². The third kappa shape index (κ3) is 1.96. The lowest BCUT2D eigenvalue weighted by Gasteiger charge is -2.41. The Morgan fingerprint density at radius 2 is 1.95 bits per heavy atom. The lowest BCUT2D eigenvalue weighted by Crippen LogP contribution is -2.39. The average Bonchev–Trinajstić information content (AvgIpc) is 2.36. The SMILES string of the molecule is O=c1[nH]c(C2(c3ccccc3)CCC2)nc(O)c1I. The van der Waals surface area contributed by atoms with Crippen LogP contribution in [0.4, 0.5) is 0 Å². The van der Waals surface area contributed by atoms with Gasteiger partial charge in [-0.3, -0.25) is 4.79 Å². The molecule has 0 unspecified atom stereocenters. The molecule has 98 valence electrons. The minimum atomic E-state index is -0.273. The van der Waals surface area contributed by atoms with Gasteiger partial charge in [-0.05, 0) is 41.0 Å². The number of hydrogen-bond acceptors (Lipinski definition) is 3. The Morgan fingerprint density at radius 3 is 2.47 bits per heavy atom. The predicted molar refractivity (Wildman–Crippen MR) is 80.3 cm³/mol. The number of aromatic amines is 1. The van der Waals surface area contributed by atoms with Gasteiger partial charge in [0.25, 0.3) is 5.56 Å². The number of rotatable bonds is 2. The van der Waals surface area contributed by atoms with Gasteiger partial charge >= 0.3 is 0 Å². The molecule has 1 aliphatic rings. The first-order chi connectivity index (χ1) is 9.13. The summed E-state index contributed by atoms with van der Waals surface area (Å²) in [5.74, 6) is 0.398. The molecule has 0 spiro atoms. The highest BCUT2D eigenvalue weighted by atomic mass is 127. The summed E-state index contributed by atoms with van der Waals surface area (Å²) in [7, 11) is 0. The van der Waals surface area contributed by atoms with Crippen LogP contribution in [0.5, 0.6) is 5.88 Å². The van der Waals surface area contributed by atoms with Crippen molar-refractivity contribution >= 4 is 22.6 Å². The van der Waals surface area contributed by atoms with E-state index in [-0.39, 0.29) is 20.4 Å². The largest absolute Gasteiger partial charge is 0.492 e. The van der Waals surface area contributed by atoms with Crippen LogP contribution in [0, 0.1) is 3.57 Å². The molecule has 0 bridgehead atoms. The Balaban J connectivity index is 2.16. The monoisotopic (exact) mass is 368 g/mol. The first-order valence-electron chi connectivity index (χ1n) is 6.18. The van der Waals surface area contributed by atoms with Crippen molar-refractivity contribution in [3.05, 3.63) is 55.6 Å². The van der Waals surface area contributed by atoms with Crippen molar-refractivity contribution in [3.8, 4) is 5.88 Å². The molecule has 1 aromatic carbocycles. The molecule has 1 heterocycles. The second-order valence-corrected chi connectivity index (χ2v) is 5.93. The molecule has 0 aliphatic heterocycles. The molecule has 2 N–H and O–H groups in total. The Kier molecular flexibility index (Phi) is 3.08. The van der Waals surface area contributed by atoms with Crippen LogP contribution < -0.4 is 5.56 Å². The molecule has 2 aromatic rings. The van der Waals surface area contributed by atoms with Crippen molar-refractivity contribution in [2.24, 2.45) is 0 Å². The minimum Gasteiger partial charge on any atom is -0.492 e. The third-order valence-corrected chi connectivity index (χ3v) is 4.80. The predicted octanol–water partition coefficient (Wildman–Crippen LogP) is 2.55. The zero-order valence-electron chi connectivity index (χ0n) is 10.2. The molecular formula is C14H13IN2O2. The standard InChI is InChI=1S/C14H13IN2O2/c15-10-11(18)16-13(17-12(10)19)14(7-4-8-14)9-5-2-1-3-6-9/h1-3,5-6H,4,7-8H2,(H2,16,17,18,19). The molecule has 0 saturated heterocycles. The van der Waals surface area contributed by atoms with E-state index in [1.54, 1.807) is 22.6 Å². The Labute approximate surface area is 124 Å². The van der Waals surface area contributed by atoms with Gasteiger partial charge < -0.3 is 10.1 Å². The van der Waals surface area contributed by atoms with Crippen LogP contribution in [0.25, 0.3) is 0 Å². The van der Waals surface area contributed by atoms with Gasteiger partial charge in [0.15, 0.2) is 0 Å². The molecule has 1 saturated carbocycles. The average molecular weight is 368 g/mol. The van der Waals surface area contributed by atoms with Gasteiger partial charge in [0.2, 0.25) is 5.88 Å². The molecule has 19 heavy (non-hydrogen) atoms. The number of aromatic nitrogens is 2. The fraction of sp³-hybridized carbons (Fsp3) is 0.286. The van der Waals surface area contributed by atoms with Crippen molar-refractivity contribution in [3.63, 3.8) is 0 Å². The summed E-state index contributed by atoms with van der Waals surface area (Å²) in [6, 6.07) is 10.0. The molecule has 0 amide bonds. The van der Waals surface area contributed by atoms with E-state index in [1.807, 2.05) is 30.3 Å². The van der Waals surface area contributed by atoms with Gasteiger partial charge in [0, 0.05) is 0 Å². The molecule has 1 aromatic heterocycles. The van der Waals surface area contributed by atoms with Crippen LogP contribution in [0.3, 0.4) is 0 Å². The maximum atomic E-state index is 11.8. The summed E-state index contributed by atoms with van der Waals surface area (Å²) in [6.45, 7) is 0. The van der Waals surface area contributed by atoms with Gasteiger partial charge in [0.05, 0.1) is 5.41 Å². The molecule has 1 aliphatic carbocycles. The fourth-order valence-electron chi connectivity index (χ4n) is 2.62. The van der Waals surface area contributed by atoms with E-state index < -0.39 is 0 Å². The molecule has 0 atom stereocenters. The number of nitrogens with zero attached hydrogens (tertiary/aromatic N) is 1. The van der Waals surface area contributed by atoms with Crippen LogP contribution in [-0.4, -0.2) is 15.1 Å². The molecule has 4 nitrogen and oxygen atoms in total. The molecular weight excluding hydrogens is 355 g/mol. The van der Waals surface area contributed by atoms with Gasteiger partial charge in [-0.15, -0.1) is 0 Å². The van der Waals surface area contributed by atoms with Crippen molar-refractivity contribution < 1.29 is 5.11 Å². The van der Waals surface area contributed by atoms with Crippen LogP contribution in [0.2, 0.25) is 0 Å². The highest BCUT2D eigenvalue weighted by molar-refractivity contribution is 14.1. The van der Waals surface area contributed by atoms with Crippen molar-refractivity contribution in [2.75, 3.05) is 0 Å². The summed E-state index contributed by atoms with van der Waals surface area (Å²) < 4.78 is 0.240. The van der Waals surface area contributed by atoms with Gasteiger partial charge in [0.1, 0.15) is 9.39 Å². The quantitative estimate of drug-likeness (QED) is 0.801. The summed E-state index contributed by atoms with van der Waals surface area (Å²) in [4.78, 5) is 18.8. The smallest absolute Gasteiger partial charge is 0.268 e. The summed E-state index contributed by atoms with van der Waals surface area (Å²) >= 11 is 1.80. The maximum absolute atomic E-state index is 11.8. The second-order valence-electron chi connectivity index (χ2n) is 4.85. The molecule has 0 radical (unpaired) electrons. The summed E-state index contributed by atoms with van der Waals surface area (Å²) in [5, 5.41) is 9.77. The molecule has 5 heteroatoms. The molecule has 3 rings (SSSR count). The zero-order valence-corrected chi connectivity index (χ0v) is 12.3. The highest BCUT2D eigenvalue weighted by Gasteiger charge is 2.43. The Hall–Kier alpha value is -1.37. The minimum absolute atomic E-state index is 0.179. The number of aromatic hydroxyl groups is 1. The van der Waals surface area contributed by atoms with E-state index in [1.165, 1.54) is 0 Å². The van der Waals surface area contributed by atoms with E-state index in [0.717, 1.165) is 24.8 Å². The number of nitrogens with one attached hydrogen (secondary N) is 1. The summed E-state index contributed by atoms with van der Waals surface area (Å²) in [5.41, 5.74) is 0.623. The van der Waals surface area contributed by atoms with Crippen LogP contribution >= 0.6 is 22.6 Å². The second kappa shape index (κ2) is 4.63. The molecule has 1 fully saturated rings. The first kappa shape index (κ1) is 12.7. The summed E-state index contributed by atoms with van der Waals surface area (Å²) in [6.07, 6.45) is 2.99. The highest BCUT2D eigenvalue weighted by Crippen LogP contribution is 2.47. The topological polar surface area (TPSA) is 66.0 Å². The number of H-pyrrole nitrogens is 1. The van der Waals surface area contributed by atoms with E-state index in [4.69, 9.17) is 0 Å². The van der Waals surface area contributed by atoms with Crippen molar-refractivity contribution in [1.29, 1.82) is 0 Å². The van der Waals surface area contributed by atoms with Gasteiger partial charge in [-0.2, -0.15) is 4.98 Å². The van der Waals surface area contributed by atoms with E-state index in [9.17, 15) is 9.90 Å². The fourth-order valence-corrected chi connectivity index (χ4v) is 2.88. The van der Waals surface area contributed by atoms with E-state index >= 15 is 0 Å². The van der Waals surface area contributed by atoms with Crippen molar-refractivity contribution in [2.45, 2.75) is 24.7 Å².